The molecule has 0 unspecified atom stereocenters. The number of hydrogen-bond acceptors (Lipinski definition) is 5. The molecule has 152 valence electrons. The number of amides is 2. The molecule has 1 saturated carbocycles. The number of rotatable bonds is 8. The number of phenolic OH excluding ortho intramolecular Hbond substituents is 1. The lowest BCUT2D eigenvalue weighted by Gasteiger charge is -2.21. The Morgan fingerprint density at radius 3 is 2.41 bits per heavy atom. The van der Waals surface area contributed by atoms with E-state index in [0.717, 1.165) is 31.6 Å². The number of carbonyl (C=O) groups excluding carboxylic acids is 2. The van der Waals surface area contributed by atoms with Crippen LogP contribution in [0.25, 0.3) is 0 Å². The summed E-state index contributed by atoms with van der Waals surface area (Å²) in [7, 11) is 0. The highest BCUT2D eigenvalue weighted by Crippen LogP contribution is 2.30. The predicted octanol–water partition coefficient (Wildman–Crippen LogP) is 3.35. The van der Waals surface area contributed by atoms with E-state index in [1.807, 2.05) is 6.07 Å². The van der Waals surface area contributed by atoms with Gasteiger partial charge in [-0.25, -0.2) is 5.43 Å². The third-order valence-corrected chi connectivity index (χ3v) is 4.88. The molecule has 1 aliphatic rings. The van der Waals surface area contributed by atoms with E-state index in [4.69, 9.17) is 0 Å². The van der Waals surface area contributed by atoms with Crippen LogP contribution in [0.1, 0.15) is 42.6 Å². The Hall–Kier alpha value is -3.35. The fraction of sp³-hybridized carbons (Fsp3) is 0.318. The monoisotopic (exact) mass is 394 g/mol. The molecule has 7 nitrogen and oxygen atoms in total. The minimum Gasteiger partial charge on any atom is -0.507 e. The van der Waals surface area contributed by atoms with Crippen LogP contribution in [0.4, 0.5) is 11.4 Å². The molecule has 1 aliphatic carbocycles. The molecule has 0 radical (unpaired) electrons. The molecule has 0 atom stereocenters. The summed E-state index contributed by atoms with van der Waals surface area (Å²) in [6.45, 7) is 5.81. The molecule has 0 saturated heterocycles. The fourth-order valence-corrected chi connectivity index (χ4v) is 2.95. The van der Waals surface area contributed by atoms with E-state index in [9.17, 15) is 14.7 Å². The smallest absolute Gasteiger partial charge is 0.271 e. The fourth-order valence-electron chi connectivity index (χ4n) is 2.95. The van der Waals surface area contributed by atoms with Crippen LogP contribution >= 0.6 is 0 Å². The average Bonchev–Trinajstić information content (AvgIpc) is 3.56. The first-order valence-corrected chi connectivity index (χ1v) is 9.84. The van der Waals surface area contributed by atoms with E-state index in [0.29, 0.717) is 16.8 Å². The molecule has 0 spiro atoms. The minimum atomic E-state index is -0.374. The van der Waals surface area contributed by atoms with Gasteiger partial charge in [-0.05, 0) is 63.1 Å². The number of hydrogen-bond donors (Lipinski definition) is 3. The second-order valence-corrected chi connectivity index (χ2v) is 6.96. The Morgan fingerprint density at radius 1 is 1.14 bits per heavy atom. The standard InChI is InChI=1S/C22H26N4O3/c1-3-26(4-2)19-12-9-17(20(27)13-19)14-23-25-22(29)16-7-10-18(11-8-16)24-21(28)15-5-6-15/h7-15,27H,3-6H2,1-2H3,(H,24,28)(H,25,29)/b23-14+. The Balaban J connectivity index is 1.57. The van der Waals surface area contributed by atoms with Crippen molar-refractivity contribution in [3.63, 3.8) is 0 Å². The molecule has 3 N–H and O–H groups in total. The third kappa shape index (κ3) is 5.34. The summed E-state index contributed by atoms with van der Waals surface area (Å²) in [5.41, 5.74) is 4.98. The van der Waals surface area contributed by atoms with E-state index < -0.39 is 0 Å². The molecule has 3 rings (SSSR count). The molecule has 0 aliphatic heterocycles. The maximum Gasteiger partial charge on any atom is 0.271 e. The van der Waals surface area contributed by atoms with Crippen molar-refractivity contribution >= 4 is 29.4 Å². The van der Waals surface area contributed by atoms with E-state index in [1.54, 1.807) is 36.4 Å². The molecular formula is C22H26N4O3. The molecule has 2 aromatic carbocycles. The van der Waals surface area contributed by atoms with Gasteiger partial charge in [-0.2, -0.15) is 5.10 Å². The highest BCUT2D eigenvalue weighted by atomic mass is 16.3. The maximum absolute atomic E-state index is 12.2. The predicted molar refractivity (Wildman–Crippen MR) is 115 cm³/mol. The molecule has 7 heteroatoms. The number of hydrazone groups is 1. The number of phenols is 1. The van der Waals surface area contributed by atoms with Gasteiger partial charge in [0.25, 0.3) is 5.91 Å². The first kappa shape index (κ1) is 20.4. The number of carbonyl (C=O) groups is 2. The Kier molecular flexibility index (Phi) is 6.49. The van der Waals surface area contributed by atoms with Crippen molar-refractivity contribution in [3.05, 3.63) is 53.6 Å². The third-order valence-electron chi connectivity index (χ3n) is 4.88. The number of aromatic hydroxyl groups is 1. The summed E-state index contributed by atoms with van der Waals surface area (Å²) in [5.74, 6) is -0.118. The number of nitrogens with one attached hydrogen (secondary N) is 2. The number of anilines is 2. The van der Waals surface area contributed by atoms with E-state index in [1.165, 1.54) is 6.21 Å². The normalized spacial score (nSPS) is 13.3. The summed E-state index contributed by atoms with van der Waals surface area (Å²) in [4.78, 5) is 26.1. The lowest BCUT2D eigenvalue weighted by atomic mass is 10.2. The molecule has 0 heterocycles. The van der Waals surface area contributed by atoms with Gasteiger partial charge in [0.15, 0.2) is 0 Å². The van der Waals surface area contributed by atoms with Gasteiger partial charge < -0.3 is 15.3 Å². The Labute approximate surface area is 170 Å². The molecule has 0 bridgehead atoms. The second kappa shape index (κ2) is 9.23. The minimum absolute atomic E-state index is 0.0265. The van der Waals surface area contributed by atoms with E-state index in [2.05, 4.69) is 34.6 Å². The SMILES string of the molecule is CCN(CC)c1ccc(/C=N/NC(=O)c2ccc(NC(=O)C3CC3)cc2)c(O)c1. The lowest BCUT2D eigenvalue weighted by Crippen LogP contribution is -2.21. The summed E-state index contributed by atoms with van der Waals surface area (Å²) in [5, 5.41) is 17.0. The summed E-state index contributed by atoms with van der Waals surface area (Å²) >= 11 is 0. The summed E-state index contributed by atoms with van der Waals surface area (Å²) in [6.07, 6.45) is 3.29. The zero-order valence-corrected chi connectivity index (χ0v) is 16.7. The topological polar surface area (TPSA) is 94.0 Å². The molecular weight excluding hydrogens is 368 g/mol. The molecule has 0 aromatic heterocycles. The molecule has 2 aromatic rings. The Morgan fingerprint density at radius 2 is 1.83 bits per heavy atom. The lowest BCUT2D eigenvalue weighted by molar-refractivity contribution is -0.117. The van der Waals surface area contributed by atoms with Crippen LogP contribution in [0.3, 0.4) is 0 Å². The van der Waals surface area contributed by atoms with Crippen LogP contribution < -0.4 is 15.6 Å². The van der Waals surface area contributed by atoms with Crippen molar-refractivity contribution in [3.8, 4) is 5.75 Å². The first-order chi connectivity index (χ1) is 14.0. The van der Waals surface area contributed by atoms with Crippen LogP contribution in [0.2, 0.25) is 0 Å². The van der Waals surface area contributed by atoms with Gasteiger partial charge in [-0.1, -0.05) is 0 Å². The van der Waals surface area contributed by atoms with Crippen molar-refractivity contribution in [1.82, 2.24) is 5.43 Å². The van der Waals surface area contributed by atoms with Gasteiger partial charge >= 0.3 is 0 Å². The summed E-state index contributed by atoms with van der Waals surface area (Å²) in [6, 6.07) is 12.0. The zero-order valence-electron chi connectivity index (χ0n) is 16.7. The maximum atomic E-state index is 12.2. The van der Waals surface area contributed by atoms with Crippen molar-refractivity contribution in [2.45, 2.75) is 26.7 Å². The van der Waals surface area contributed by atoms with Crippen LogP contribution in [0.5, 0.6) is 5.75 Å². The van der Waals surface area contributed by atoms with Crippen molar-refractivity contribution < 1.29 is 14.7 Å². The van der Waals surface area contributed by atoms with Gasteiger partial charge in [0.1, 0.15) is 5.75 Å². The first-order valence-electron chi connectivity index (χ1n) is 9.84. The Bertz CT molecular complexity index is 901. The van der Waals surface area contributed by atoms with Crippen molar-refractivity contribution in [1.29, 1.82) is 0 Å². The van der Waals surface area contributed by atoms with Gasteiger partial charge in [0.05, 0.1) is 6.21 Å². The number of benzene rings is 2. The quantitative estimate of drug-likeness (QED) is 0.473. The van der Waals surface area contributed by atoms with Crippen LogP contribution in [0.15, 0.2) is 47.6 Å². The van der Waals surface area contributed by atoms with E-state index >= 15 is 0 Å². The zero-order chi connectivity index (χ0) is 20.8. The van der Waals surface area contributed by atoms with Crippen molar-refractivity contribution in [2.75, 3.05) is 23.3 Å². The van der Waals surface area contributed by atoms with Gasteiger partial charge in [0.2, 0.25) is 5.91 Å². The van der Waals surface area contributed by atoms with Gasteiger partial charge in [-0.15, -0.1) is 0 Å². The van der Waals surface area contributed by atoms with Gasteiger partial charge in [-0.3, -0.25) is 9.59 Å². The van der Waals surface area contributed by atoms with Crippen molar-refractivity contribution in [2.24, 2.45) is 11.0 Å². The molecule has 29 heavy (non-hydrogen) atoms. The van der Waals surface area contributed by atoms with E-state index in [-0.39, 0.29) is 23.5 Å². The second-order valence-electron chi connectivity index (χ2n) is 6.96. The molecule has 2 amide bonds. The number of nitrogens with zero attached hydrogens (tertiary/aromatic N) is 2. The van der Waals surface area contributed by atoms with Crippen LogP contribution in [-0.4, -0.2) is 36.2 Å². The van der Waals surface area contributed by atoms with Crippen LogP contribution in [-0.2, 0) is 4.79 Å². The summed E-state index contributed by atoms with van der Waals surface area (Å²) < 4.78 is 0. The highest BCUT2D eigenvalue weighted by Gasteiger charge is 2.29. The van der Waals surface area contributed by atoms with Crippen LogP contribution in [0, 0.1) is 5.92 Å². The largest absolute Gasteiger partial charge is 0.507 e. The van der Waals surface area contributed by atoms with Gasteiger partial charge in [0, 0.05) is 47.6 Å². The highest BCUT2D eigenvalue weighted by molar-refractivity contribution is 5.97. The molecule has 1 fully saturated rings. The average molecular weight is 394 g/mol.